The van der Waals surface area contributed by atoms with E-state index in [1.165, 1.54) is 0 Å². The maximum atomic E-state index is 10.1. The lowest BCUT2D eigenvalue weighted by molar-refractivity contribution is 0.0971. The van der Waals surface area contributed by atoms with Gasteiger partial charge in [-0.15, -0.1) is 24.2 Å². The number of aliphatic hydroxyl groups excluding tert-OH is 1. The van der Waals surface area contributed by atoms with E-state index in [0.717, 1.165) is 10.5 Å². The van der Waals surface area contributed by atoms with Crippen LogP contribution in [0.3, 0.4) is 0 Å². The van der Waals surface area contributed by atoms with E-state index >= 15 is 0 Å². The van der Waals surface area contributed by atoms with E-state index in [4.69, 9.17) is 5.73 Å². The third-order valence-electron chi connectivity index (χ3n) is 2.75. The molecule has 0 fully saturated rings. The van der Waals surface area contributed by atoms with Crippen molar-refractivity contribution in [3.05, 3.63) is 29.8 Å². The highest BCUT2D eigenvalue weighted by Gasteiger charge is 2.24. The first-order valence-electron chi connectivity index (χ1n) is 6.44. The summed E-state index contributed by atoms with van der Waals surface area (Å²) < 4.78 is 0.138. The molecule has 0 aliphatic rings. The van der Waals surface area contributed by atoms with Crippen molar-refractivity contribution in [2.45, 2.75) is 56.4 Å². The van der Waals surface area contributed by atoms with Gasteiger partial charge in [-0.05, 0) is 17.5 Å². The van der Waals surface area contributed by atoms with Crippen LogP contribution < -0.4 is 5.73 Å². The minimum atomic E-state index is -0.508. The number of thioether (sulfide) groups is 1. The number of halogens is 1. The number of benzene rings is 1. The van der Waals surface area contributed by atoms with Gasteiger partial charge in [-0.2, -0.15) is 0 Å². The van der Waals surface area contributed by atoms with Crippen molar-refractivity contribution >= 4 is 24.2 Å². The van der Waals surface area contributed by atoms with Gasteiger partial charge in [0.1, 0.15) is 0 Å². The fraction of sp³-hybridized carbons (Fsp3) is 0.600. The van der Waals surface area contributed by atoms with Crippen LogP contribution >= 0.6 is 24.2 Å². The first kappa shape index (κ1) is 18.8. The van der Waals surface area contributed by atoms with Gasteiger partial charge in [0.2, 0.25) is 0 Å². The first-order chi connectivity index (χ1) is 8.22. The predicted molar refractivity (Wildman–Crippen MR) is 87.1 cm³/mol. The van der Waals surface area contributed by atoms with E-state index in [9.17, 15) is 5.11 Å². The van der Waals surface area contributed by atoms with Crippen molar-refractivity contribution in [1.29, 1.82) is 0 Å². The van der Waals surface area contributed by atoms with Crippen molar-refractivity contribution in [2.75, 3.05) is 0 Å². The molecule has 0 radical (unpaired) electrons. The number of hydrogen-bond acceptors (Lipinski definition) is 3. The van der Waals surface area contributed by atoms with Crippen molar-refractivity contribution in [1.82, 2.24) is 0 Å². The second-order valence-electron chi connectivity index (χ2n) is 6.01. The minimum Gasteiger partial charge on any atom is -0.391 e. The molecule has 1 rings (SSSR count). The Morgan fingerprint density at radius 3 is 2.16 bits per heavy atom. The summed E-state index contributed by atoms with van der Waals surface area (Å²) in [5.41, 5.74) is 7.24. The molecule has 3 N–H and O–H groups in total. The number of aliphatic hydroxyl groups is 1. The predicted octanol–water partition coefficient (Wildman–Crippen LogP) is 4.02. The largest absolute Gasteiger partial charge is 0.391 e. The van der Waals surface area contributed by atoms with Crippen LogP contribution in [0.15, 0.2) is 29.2 Å². The molecule has 0 aromatic heterocycles. The summed E-state index contributed by atoms with van der Waals surface area (Å²) in [7, 11) is 0. The smallest absolute Gasteiger partial charge is 0.0756 e. The number of hydrogen-bond donors (Lipinski definition) is 2. The Hall–Kier alpha value is -0.220. The molecular weight excluding hydrogens is 278 g/mol. The highest BCUT2D eigenvalue weighted by molar-refractivity contribution is 8.00. The third kappa shape index (κ3) is 5.74. The van der Waals surface area contributed by atoms with Gasteiger partial charge in [0, 0.05) is 9.64 Å². The highest BCUT2D eigenvalue weighted by Crippen LogP contribution is 2.37. The van der Waals surface area contributed by atoms with Crippen LogP contribution in [0.1, 0.15) is 46.2 Å². The van der Waals surface area contributed by atoms with E-state index in [1.54, 1.807) is 11.8 Å². The molecule has 110 valence electrons. The van der Waals surface area contributed by atoms with E-state index in [2.05, 4.69) is 26.8 Å². The molecule has 2 nitrogen and oxygen atoms in total. The van der Waals surface area contributed by atoms with Crippen LogP contribution in [0, 0.1) is 5.92 Å². The molecule has 2 atom stereocenters. The van der Waals surface area contributed by atoms with Crippen molar-refractivity contribution < 1.29 is 5.11 Å². The molecule has 1 aromatic carbocycles. The summed E-state index contributed by atoms with van der Waals surface area (Å²) in [4.78, 5) is 1.16. The Kier molecular flexibility index (Phi) is 7.45. The lowest BCUT2D eigenvalue weighted by Crippen LogP contribution is -2.31. The van der Waals surface area contributed by atoms with Crippen molar-refractivity contribution in [2.24, 2.45) is 11.7 Å². The molecule has 0 spiro atoms. The van der Waals surface area contributed by atoms with Gasteiger partial charge in [-0.3, -0.25) is 0 Å². The van der Waals surface area contributed by atoms with Gasteiger partial charge in [-0.1, -0.05) is 52.8 Å². The van der Waals surface area contributed by atoms with Gasteiger partial charge in [0.05, 0.1) is 12.1 Å². The summed E-state index contributed by atoms with van der Waals surface area (Å²) in [6.07, 6.45) is -0.508. The van der Waals surface area contributed by atoms with Crippen LogP contribution in [0.4, 0.5) is 0 Å². The van der Waals surface area contributed by atoms with Crippen molar-refractivity contribution in [3.63, 3.8) is 0 Å². The van der Waals surface area contributed by atoms with Gasteiger partial charge in [-0.25, -0.2) is 0 Å². The molecule has 1 aromatic rings. The molecule has 0 aliphatic heterocycles. The summed E-state index contributed by atoms with van der Waals surface area (Å²) >= 11 is 1.79. The van der Waals surface area contributed by atoms with Crippen LogP contribution in [0.2, 0.25) is 0 Å². The Morgan fingerprint density at radius 1 is 1.16 bits per heavy atom. The Labute approximate surface area is 127 Å². The Balaban J connectivity index is 0.00000324. The summed E-state index contributed by atoms with van der Waals surface area (Å²) in [6.45, 7) is 10.5. The Bertz CT molecular complexity index is 390. The quantitative estimate of drug-likeness (QED) is 0.826. The molecule has 0 saturated heterocycles. The van der Waals surface area contributed by atoms with Crippen LogP contribution in [0.25, 0.3) is 0 Å². The standard InChI is InChI=1S/C15H25NOS.ClH/c1-10(2)14(17)13(16)11-8-6-7-9-12(11)18-15(3,4)5;/h6-10,13-14,17H,16H2,1-5H3;1H/t13-,14+;/m0./s1. The first-order valence-corrected chi connectivity index (χ1v) is 7.25. The zero-order valence-corrected chi connectivity index (χ0v) is 14.0. The zero-order valence-electron chi connectivity index (χ0n) is 12.4. The maximum absolute atomic E-state index is 10.1. The normalized spacial score (nSPS) is 14.9. The lowest BCUT2D eigenvalue weighted by atomic mass is 9.94. The van der Waals surface area contributed by atoms with E-state index < -0.39 is 6.10 Å². The van der Waals surface area contributed by atoms with E-state index in [0.29, 0.717) is 0 Å². The average molecular weight is 304 g/mol. The molecular formula is C15H26ClNOS. The van der Waals surface area contributed by atoms with Crippen LogP contribution in [0.5, 0.6) is 0 Å². The molecule has 0 amide bonds. The summed E-state index contributed by atoms with van der Waals surface area (Å²) in [6, 6.07) is 7.78. The molecule has 0 unspecified atom stereocenters. The van der Waals surface area contributed by atoms with Gasteiger partial charge in [0.15, 0.2) is 0 Å². The highest BCUT2D eigenvalue weighted by atomic mass is 35.5. The molecule has 0 bridgehead atoms. The van der Waals surface area contributed by atoms with Gasteiger partial charge >= 0.3 is 0 Å². The van der Waals surface area contributed by atoms with E-state index in [-0.39, 0.29) is 29.1 Å². The number of rotatable bonds is 4. The van der Waals surface area contributed by atoms with Gasteiger partial charge in [0.25, 0.3) is 0 Å². The fourth-order valence-electron chi connectivity index (χ4n) is 1.78. The van der Waals surface area contributed by atoms with Gasteiger partial charge < -0.3 is 10.8 Å². The third-order valence-corrected chi connectivity index (χ3v) is 3.95. The summed E-state index contributed by atoms with van der Waals surface area (Å²) in [5, 5.41) is 10.1. The molecule has 0 saturated carbocycles. The molecule has 0 aliphatic carbocycles. The second kappa shape index (κ2) is 7.53. The number of nitrogens with two attached hydrogens (primary N) is 1. The Morgan fingerprint density at radius 2 is 1.68 bits per heavy atom. The zero-order chi connectivity index (χ0) is 13.9. The SMILES string of the molecule is CC(C)[C@@H](O)[C@@H](N)c1ccccc1SC(C)(C)C.Cl. The van der Waals surface area contributed by atoms with Crippen molar-refractivity contribution in [3.8, 4) is 0 Å². The fourth-order valence-corrected chi connectivity index (χ4v) is 2.91. The summed E-state index contributed by atoms with van der Waals surface area (Å²) in [5.74, 6) is 0.160. The monoisotopic (exact) mass is 303 g/mol. The van der Waals surface area contributed by atoms with Crippen LogP contribution in [-0.4, -0.2) is 16.0 Å². The molecule has 0 heterocycles. The second-order valence-corrected chi connectivity index (χ2v) is 7.88. The topological polar surface area (TPSA) is 46.2 Å². The minimum absolute atomic E-state index is 0. The average Bonchev–Trinajstić information content (AvgIpc) is 2.25. The molecule has 4 heteroatoms. The maximum Gasteiger partial charge on any atom is 0.0756 e. The molecule has 19 heavy (non-hydrogen) atoms. The van der Waals surface area contributed by atoms with Crippen LogP contribution in [-0.2, 0) is 0 Å². The lowest BCUT2D eigenvalue weighted by Gasteiger charge is -2.26. The van der Waals surface area contributed by atoms with E-state index in [1.807, 2.05) is 32.0 Å².